The van der Waals surface area contributed by atoms with Gasteiger partial charge in [-0.1, -0.05) is 30.3 Å². The molecular weight excluding hydrogens is 256 g/mol. The maximum atomic E-state index is 11.1. The molecule has 2 N–H and O–H groups in total. The molecule has 2 aliphatic heterocycles. The molecule has 2 aliphatic rings. The zero-order valence-electron chi connectivity index (χ0n) is 11.4. The van der Waals surface area contributed by atoms with Crippen LogP contribution in [0.4, 0.5) is 4.79 Å². The highest BCUT2D eigenvalue weighted by molar-refractivity contribution is 5.65. The zero-order chi connectivity index (χ0) is 14.1. The molecule has 2 bridgehead atoms. The van der Waals surface area contributed by atoms with E-state index in [4.69, 9.17) is 5.11 Å². The van der Waals surface area contributed by atoms with Crippen molar-refractivity contribution >= 4 is 6.09 Å². The molecule has 5 nitrogen and oxygen atoms in total. The predicted molar refractivity (Wildman–Crippen MR) is 74.3 cm³/mol. The van der Waals surface area contributed by atoms with Crippen LogP contribution in [0.25, 0.3) is 0 Å². The first-order valence-electron chi connectivity index (χ1n) is 7.05. The van der Waals surface area contributed by atoms with Gasteiger partial charge in [0.05, 0.1) is 6.10 Å². The van der Waals surface area contributed by atoms with E-state index in [2.05, 4.69) is 17.0 Å². The lowest BCUT2D eigenvalue weighted by atomic mass is 9.81. The summed E-state index contributed by atoms with van der Waals surface area (Å²) < 4.78 is 0. The Morgan fingerprint density at radius 2 is 1.70 bits per heavy atom. The first-order valence-corrected chi connectivity index (χ1v) is 7.05. The van der Waals surface area contributed by atoms with Gasteiger partial charge in [0.1, 0.15) is 0 Å². The maximum absolute atomic E-state index is 11.1. The fourth-order valence-corrected chi connectivity index (χ4v) is 3.44. The minimum absolute atomic E-state index is 0.0299. The summed E-state index contributed by atoms with van der Waals surface area (Å²) in [6.07, 6.45) is -1.24. The molecule has 2 heterocycles. The Morgan fingerprint density at radius 1 is 1.10 bits per heavy atom. The number of aliphatic hydroxyl groups is 1. The summed E-state index contributed by atoms with van der Waals surface area (Å²) >= 11 is 0. The van der Waals surface area contributed by atoms with Crippen LogP contribution in [0.3, 0.4) is 0 Å². The number of rotatable bonds is 2. The Bertz CT molecular complexity index is 463. The van der Waals surface area contributed by atoms with Gasteiger partial charge >= 0.3 is 6.09 Å². The molecule has 2 saturated heterocycles. The Labute approximate surface area is 118 Å². The molecule has 2 fully saturated rings. The topological polar surface area (TPSA) is 64.0 Å². The Balaban J connectivity index is 1.67. The molecule has 0 aromatic heterocycles. The summed E-state index contributed by atoms with van der Waals surface area (Å²) in [5, 5.41) is 19.3. The summed E-state index contributed by atoms with van der Waals surface area (Å²) in [5.41, 5.74) is 1.26. The monoisotopic (exact) mass is 276 g/mol. The summed E-state index contributed by atoms with van der Waals surface area (Å²) in [6, 6.07) is 10.3. The molecule has 0 aliphatic carbocycles. The van der Waals surface area contributed by atoms with Gasteiger partial charge in [0.15, 0.2) is 0 Å². The van der Waals surface area contributed by atoms with E-state index >= 15 is 0 Å². The highest BCUT2D eigenvalue weighted by atomic mass is 16.4. The smallest absolute Gasteiger partial charge is 0.407 e. The zero-order valence-corrected chi connectivity index (χ0v) is 11.4. The van der Waals surface area contributed by atoms with Crippen molar-refractivity contribution in [1.29, 1.82) is 0 Å². The van der Waals surface area contributed by atoms with Gasteiger partial charge in [-0.2, -0.15) is 0 Å². The van der Waals surface area contributed by atoms with Crippen LogP contribution in [0.1, 0.15) is 5.56 Å². The van der Waals surface area contributed by atoms with Crippen LogP contribution in [0.2, 0.25) is 0 Å². The fraction of sp³-hybridized carbons (Fsp3) is 0.533. The van der Waals surface area contributed by atoms with Crippen molar-refractivity contribution in [2.24, 2.45) is 11.8 Å². The van der Waals surface area contributed by atoms with E-state index in [-0.39, 0.29) is 17.9 Å². The number of carboxylic acid groups (broad SMARTS) is 1. The van der Waals surface area contributed by atoms with E-state index in [0.717, 1.165) is 19.6 Å². The predicted octanol–water partition coefficient (Wildman–Crippen LogP) is 1.09. The number of aliphatic hydroxyl groups excluding tert-OH is 1. The lowest BCUT2D eigenvalue weighted by molar-refractivity contribution is -0.0734. The van der Waals surface area contributed by atoms with E-state index in [1.165, 1.54) is 10.5 Å². The van der Waals surface area contributed by atoms with Crippen molar-refractivity contribution < 1.29 is 15.0 Å². The minimum Gasteiger partial charge on any atom is -0.465 e. The molecule has 2 atom stereocenters. The molecule has 5 heteroatoms. The van der Waals surface area contributed by atoms with Crippen molar-refractivity contribution in [1.82, 2.24) is 9.80 Å². The molecule has 1 amide bonds. The second-order valence-electron chi connectivity index (χ2n) is 5.88. The summed E-state index contributed by atoms with van der Waals surface area (Å²) in [5.74, 6) is 0.0598. The highest BCUT2D eigenvalue weighted by Gasteiger charge is 2.42. The van der Waals surface area contributed by atoms with Gasteiger partial charge in [0, 0.05) is 44.6 Å². The van der Waals surface area contributed by atoms with Crippen molar-refractivity contribution in [3.63, 3.8) is 0 Å². The van der Waals surface area contributed by atoms with Crippen LogP contribution in [-0.2, 0) is 6.54 Å². The third-order valence-electron chi connectivity index (χ3n) is 4.38. The average molecular weight is 276 g/mol. The largest absolute Gasteiger partial charge is 0.465 e. The van der Waals surface area contributed by atoms with E-state index in [0.29, 0.717) is 13.1 Å². The summed E-state index contributed by atoms with van der Waals surface area (Å²) in [7, 11) is 0. The maximum Gasteiger partial charge on any atom is 0.407 e. The third-order valence-corrected chi connectivity index (χ3v) is 4.38. The van der Waals surface area contributed by atoms with Crippen molar-refractivity contribution in [2.75, 3.05) is 26.2 Å². The molecule has 0 radical (unpaired) electrons. The van der Waals surface area contributed by atoms with Crippen molar-refractivity contribution in [3.8, 4) is 0 Å². The Kier molecular flexibility index (Phi) is 3.63. The fourth-order valence-electron chi connectivity index (χ4n) is 3.44. The van der Waals surface area contributed by atoms with E-state index < -0.39 is 6.09 Å². The van der Waals surface area contributed by atoms with Gasteiger partial charge in [-0.25, -0.2) is 4.79 Å². The van der Waals surface area contributed by atoms with Crippen LogP contribution in [0.5, 0.6) is 0 Å². The average Bonchev–Trinajstić information content (AvgIpc) is 2.40. The van der Waals surface area contributed by atoms with E-state index in [1.807, 2.05) is 18.2 Å². The number of nitrogens with zero attached hydrogens (tertiary/aromatic N) is 2. The quantitative estimate of drug-likeness (QED) is 0.848. The standard InChI is InChI=1S/C15H20N2O3/c18-14-12-7-16(6-11-4-2-1-3-5-11)8-13(14)10-17(9-12)15(19)20/h1-5,12-14,18H,6-10H2,(H,19,20). The van der Waals surface area contributed by atoms with Crippen LogP contribution in [0.15, 0.2) is 30.3 Å². The van der Waals surface area contributed by atoms with E-state index in [9.17, 15) is 9.90 Å². The number of carbonyl (C=O) groups is 1. The number of likely N-dealkylation sites (tertiary alicyclic amines) is 2. The van der Waals surface area contributed by atoms with Gasteiger partial charge in [0.25, 0.3) is 0 Å². The summed E-state index contributed by atoms with van der Waals surface area (Å²) in [4.78, 5) is 14.9. The van der Waals surface area contributed by atoms with Gasteiger partial charge < -0.3 is 15.1 Å². The number of amides is 1. The van der Waals surface area contributed by atoms with Gasteiger partial charge in [0.2, 0.25) is 0 Å². The van der Waals surface area contributed by atoms with Crippen LogP contribution in [0, 0.1) is 11.8 Å². The van der Waals surface area contributed by atoms with Crippen LogP contribution >= 0.6 is 0 Å². The van der Waals surface area contributed by atoms with Gasteiger partial charge in [-0.05, 0) is 5.56 Å². The lowest BCUT2D eigenvalue weighted by Gasteiger charge is -2.48. The van der Waals surface area contributed by atoms with E-state index in [1.54, 1.807) is 0 Å². The summed E-state index contributed by atoms with van der Waals surface area (Å²) in [6.45, 7) is 3.27. The Morgan fingerprint density at radius 3 is 2.25 bits per heavy atom. The number of benzene rings is 1. The highest BCUT2D eigenvalue weighted by Crippen LogP contribution is 2.30. The molecule has 0 spiro atoms. The Hall–Kier alpha value is -1.59. The minimum atomic E-state index is -0.872. The SMILES string of the molecule is O=C(O)N1CC2CN(Cc3ccccc3)CC(C1)C2O. The van der Waals surface area contributed by atoms with Crippen LogP contribution < -0.4 is 0 Å². The number of hydrogen-bond donors (Lipinski definition) is 2. The molecule has 0 saturated carbocycles. The van der Waals surface area contributed by atoms with Gasteiger partial charge in [-0.15, -0.1) is 0 Å². The van der Waals surface area contributed by atoms with Crippen molar-refractivity contribution in [2.45, 2.75) is 12.6 Å². The molecule has 108 valence electrons. The molecule has 3 rings (SSSR count). The number of hydrogen-bond acceptors (Lipinski definition) is 3. The number of fused-ring (bicyclic) bond motifs is 2. The molecule has 1 aromatic carbocycles. The van der Waals surface area contributed by atoms with Crippen LogP contribution in [-0.4, -0.2) is 58.4 Å². The molecule has 1 aromatic rings. The first kappa shape index (κ1) is 13.4. The van der Waals surface area contributed by atoms with Crippen molar-refractivity contribution in [3.05, 3.63) is 35.9 Å². The molecule has 20 heavy (non-hydrogen) atoms. The first-order chi connectivity index (χ1) is 9.63. The molecule has 2 unspecified atom stereocenters. The molecular formula is C15H20N2O3. The number of piperidine rings is 2. The second kappa shape index (κ2) is 5.42. The normalized spacial score (nSPS) is 30.2. The second-order valence-corrected chi connectivity index (χ2v) is 5.88. The third kappa shape index (κ3) is 2.64. The van der Waals surface area contributed by atoms with Gasteiger partial charge in [-0.3, -0.25) is 4.90 Å². The lowest BCUT2D eigenvalue weighted by Crippen LogP contribution is -2.60.